The van der Waals surface area contributed by atoms with Crippen molar-refractivity contribution in [2.75, 3.05) is 13.1 Å². The third-order valence-corrected chi connectivity index (χ3v) is 6.27. The highest BCUT2D eigenvalue weighted by Crippen LogP contribution is 2.44. The Kier molecular flexibility index (Phi) is 4.39. The minimum atomic E-state index is 0.237. The van der Waals surface area contributed by atoms with Gasteiger partial charge in [0.2, 0.25) is 5.91 Å². The van der Waals surface area contributed by atoms with E-state index in [0.29, 0.717) is 11.9 Å². The largest absolute Gasteiger partial charge is 0.353 e. The molecule has 3 heteroatoms. The van der Waals surface area contributed by atoms with Crippen molar-refractivity contribution >= 4 is 5.91 Å². The second-order valence-corrected chi connectivity index (χ2v) is 7.83. The number of amides is 1. The first-order valence-electron chi connectivity index (χ1n) is 9.34. The van der Waals surface area contributed by atoms with E-state index >= 15 is 0 Å². The predicted molar refractivity (Wildman–Crippen MR) is 91.8 cm³/mol. The molecule has 1 amide bonds. The number of nitrogens with one attached hydrogen (secondary N) is 1. The van der Waals surface area contributed by atoms with Gasteiger partial charge in [0.15, 0.2) is 0 Å². The molecule has 0 aromatic heterocycles. The first kappa shape index (κ1) is 15.2. The van der Waals surface area contributed by atoms with Gasteiger partial charge in [-0.05, 0) is 62.6 Å². The molecule has 3 nitrogen and oxygen atoms in total. The van der Waals surface area contributed by atoms with Gasteiger partial charge < -0.3 is 5.32 Å². The van der Waals surface area contributed by atoms with Crippen LogP contribution >= 0.6 is 0 Å². The van der Waals surface area contributed by atoms with E-state index in [2.05, 4.69) is 40.5 Å². The maximum atomic E-state index is 12.6. The summed E-state index contributed by atoms with van der Waals surface area (Å²) in [6.45, 7) is 3.11. The van der Waals surface area contributed by atoms with E-state index in [4.69, 9.17) is 0 Å². The van der Waals surface area contributed by atoms with Gasteiger partial charge in [0, 0.05) is 18.5 Å². The standard InChI is InChI=1S/C20H28N2O/c23-20(21-19-13-16-6-7-18(19)12-16)17-8-10-22(11-9-17)14-15-4-2-1-3-5-15/h1-5,16-19H,6-14H2,(H,21,23). The fraction of sp³-hybridized carbons (Fsp3) is 0.650. The normalized spacial score (nSPS) is 31.4. The Labute approximate surface area is 139 Å². The summed E-state index contributed by atoms with van der Waals surface area (Å²) in [4.78, 5) is 15.0. The van der Waals surface area contributed by atoms with E-state index < -0.39 is 0 Å². The van der Waals surface area contributed by atoms with Gasteiger partial charge in [-0.25, -0.2) is 0 Å². The predicted octanol–water partition coefficient (Wildman–Crippen LogP) is 3.20. The molecule has 3 unspecified atom stereocenters. The molecule has 1 aromatic carbocycles. The third-order valence-electron chi connectivity index (χ3n) is 6.27. The van der Waals surface area contributed by atoms with Crippen molar-refractivity contribution in [3.63, 3.8) is 0 Å². The lowest BCUT2D eigenvalue weighted by molar-refractivity contribution is -0.127. The Morgan fingerprint density at radius 3 is 2.48 bits per heavy atom. The molecular formula is C20H28N2O. The van der Waals surface area contributed by atoms with Crippen LogP contribution in [-0.4, -0.2) is 29.9 Å². The van der Waals surface area contributed by atoms with Crippen LogP contribution in [0.5, 0.6) is 0 Å². The fourth-order valence-corrected chi connectivity index (χ4v) is 4.92. The van der Waals surface area contributed by atoms with Crippen molar-refractivity contribution in [1.29, 1.82) is 0 Å². The molecule has 1 aliphatic heterocycles. The molecule has 2 bridgehead atoms. The van der Waals surface area contributed by atoms with Crippen molar-refractivity contribution < 1.29 is 4.79 Å². The molecule has 0 spiro atoms. The summed E-state index contributed by atoms with van der Waals surface area (Å²) >= 11 is 0. The fourth-order valence-electron chi connectivity index (χ4n) is 4.92. The summed E-state index contributed by atoms with van der Waals surface area (Å²) in [5, 5.41) is 3.39. The van der Waals surface area contributed by atoms with Gasteiger partial charge in [-0.3, -0.25) is 9.69 Å². The summed E-state index contributed by atoms with van der Waals surface area (Å²) in [5.74, 6) is 2.25. The summed E-state index contributed by atoms with van der Waals surface area (Å²) in [6.07, 6.45) is 7.36. The highest BCUT2D eigenvalue weighted by atomic mass is 16.2. The van der Waals surface area contributed by atoms with Crippen LogP contribution in [0.3, 0.4) is 0 Å². The number of piperidine rings is 1. The molecule has 2 saturated carbocycles. The molecular weight excluding hydrogens is 284 g/mol. The number of hydrogen-bond donors (Lipinski definition) is 1. The topological polar surface area (TPSA) is 32.3 Å². The SMILES string of the molecule is O=C(NC1CC2CCC1C2)C1CCN(Cc2ccccc2)CC1. The van der Waals surface area contributed by atoms with Gasteiger partial charge in [0.1, 0.15) is 0 Å². The Bertz CT molecular complexity index is 536. The second kappa shape index (κ2) is 6.64. The zero-order valence-electron chi connectivity index (χ0n) is 13.9. The van der Waals surface area contributed by atoms with Gasteiger partial charge in [-0.1, -0.05) is 36.8 Å². The monoisotopic (exact) mass is 312 g/mol. The van der Waals surface area contributed by atoms with Gasteiger partial charge >= 0.3 is 0 Å². The maximum absolute atomic E-state index is 12.6. The molecule has 1 aromatic rings. The molecule has 1 saturated heterocycles. The van der Waals surface area contributed by atoms with Crippen LogP contribution in [0.25, 0.3) is 0 Å². The summed E-state index contributed by atoms with van der Waals surface area (Å²) in [6, 6.07) is 11.1. The van der Waals surface area contributed by atoms with Crippen molar-refractivity contribution in [3.8, 4) is 0 Å². The summed E-state index contributed by atoms with van der Waals surface area (Å²) < 4.78 is 0. The zero-order chi connectivity index (χ0) is 15.6. The average molecular weight is 312 g/mol. The van der Waals surface area contributed by atoms with Gasteiger partial charge in [0.25, 0.3) is 0 Å². The van der Waals surface area contributed by atoms with E-state index in [1.165, 1.54) is 31.2 Å². The van der Waals surface area contributed by atoms with E-state index in [1.807, 2.05) is 0 Å². The van der Waals surface area contributed by atoms with E-state index in [1.54, 1.807) is 0 Å². The highest BCUT2D eigenvalue weighted by molar-refractivity contribution is 5.79. The van der Waals surface area contributed by atoms with Crippen molar-refractivity contribution in [1.82, 2.24) is 10.2 Å². The third kappa shape index (κ3) is 3.45. The lowest BCUT2D eigenvalue weighted by Gasteiger charge is -2.32. The number of fused-ring (bicyclic) bond motifs is 2. The number of hydrogen-bond acceptors (Lipinski definition) is 2. The molecule has 1 N–H and O–H groups in total. The first-order chi connectivity index (χ1) is 11.3. The minimum absolute atomic E-state index is 0.237. The second-order valence-electron chi connectivity index (χ2n) is 7.83. The number of benzene rings is 1. The van der Waals surface area contributed by atoms with Crippen molar-refractivity contribution in [3.05, 3.63) is 35.9 Å². The lowest BCUT2D eigenvalue weighted by atomic mass is 9.92. The van der Waals surface area contributed by atoms with Crippen LogP contribution in [-0.2, 0) is 11.3 Å². The molecule has 4 rings (SSSR count). The Hall–Kier alpha value is -1.35. The van der Waals surface area contributed by atoms with Crippen LogP contribution in [0.2, 0.25) is 0 Å². The van der Waals surface area contributed by atoms with Crippen LogP contribution in [0.15, 0.2) is 30.3 Å². The molecule has 124 valence electrons. The quantitative estimate of drug-likeness (QED) is 0.926. The van der Waals surface area contributed by atoms with E-state index in [0.717, 1.165) is 44.3 Å². The summed E-state index contributed by atoms with van der Waals surface area (Å²) in [5.41, 5.74) is 1.37. The first-order valence-corrected chi connectivity index (χ1v) is 9.34. The number of nitrogens with zero attached hydrogens (tertiary/aromatic N) is 1. The number of likely N-dealkylation sites (tertiary alicyclic amines) is 1. The Morgan fingerprint density at radius 1 is 1.04 bits per heavy atom. The van der Waals surface area contributed by atoms with Crippen LogP contribution < -0.4 is 5.32 Å². The van der Waals surface area contributed by atoms with Crippen LogP contribution in [0, 0.1) is 17.8 Å². The van der Waals surface area contributed by atoms with Crippen molar-refractivity contribution in [2.45, 2.75) is 51.1 Å². The maximum Gasteiger partial charge on any atom is 0.223 e. The van der Waals surface area contributed by atoms with Gasteiger partial charge in [0.05, 0.1) is 0 Å². The van der Waals surface area contributed by atoms with E-state index in [9.17, 15) is 4.79 Å². The molecule has 3 fully saturated rings. The van der Waals surface area contributed by atoms with Crippen LogP contribution in [0.4, 0.5) is 0 Å². The number of rotatable bonds is 4. The Balaban J connectivity index is 1.24. The molecule has 2 aliphatic carbocycles. The molecule has 3 atom stereocenters. The lowest BCUT2D eigenvalue weighted by Crippen LogP contribution is -2.45. The van der Waals surface area contributed by atoms with Gasteiger partial charge in [-0.15, -0.1) is 0 Å². The zero-order valence-corrected chi connectivity index (χ0v) is 13.9. The smallest absolute Gasteiger partial charge is 0.223 e. The molecule has 1 heterocycles. The summed E-state index contributed by atoms with van der Waals surface area (Å²) in [7, 11) is 0. The Morgan fingerprint density at radius 2 is 1.83 bits per heavy atom. The average Bonchev–Trinajstić information content (AvgIpc) is 3.19. The molecule has 3 aliphatic rings. The van der Waals surface area contributed by atoms with E-state index in [-0.39, 0.29) is 5.92 Å². The number of carbonyl (C=O) groups is 1. The van der Waals surface area contributed by atoms with Crippen LogP contribution in [0.1, 0.15) is 44.1 Å². The van der Waals surface area contributed by atoms with Crippen molar-refractivity contribution in [2.24, 2.45) is 17.8 Å². The molecule has 0 radical (unpaired) electrons. The molecule has 23 heavy (non-hydrogen) atoms. The minimum Gasteiger partial charge on any atom is -0.353 e. The highest BCUT2D eigenvalue weighted by Gasteiger charge is 2.40. The van der Waals surface area contributed by atoms with Gasteiger partial charge in [-0.2, -0.15) is 0 Å². The number of carbonyl (C=O) groups excluding carboxylic acids is 1.